The lowest BCUT2D eigenvalue weighted by molar-refractivity contribution is -0.387. The molecule has 0 bridgehead atoms. The molecule has 0 aliphatic carbocycles. The first-order valence-corrected chi connectivity index (χ1v) is 6.65. The van der Waals surface area contributed by atoms with Crippen molar-refractivity contribution in [3.05, 3.63) is 34.4 Å². The minimum Gasteiger partial charge on any atom is -0.329 e. The molecule has 108 valence electrons. The molecule has 1 aromatic rings. The first kappa shape index (κ1) is 17.8. The summed E-state index contributed by atoms with van der Waals surface area (Å²) in [6.45, 7) is 3.27. The Hall–Kier alpha value is -1.22. The molecule has 7 nitrogen and oxygen atoms in total. The van der Waals surface area contributed by atoms with Crippen LogP contribution in [0.15, 0.2) is 29.2 Å². The molecule has 0 aromatic heterocycles. The van der Waals surface area contributed by atoms with E-state index in [0.29, 0.717) is 0 Å². The van der Waals surface area contributed by atoms with Crippen molar-refractivity contribution in [3.8, 4) is 0 Å². The maximum Gasteiger partial charge on any atom is 0.289 e. The Balaban J connectivity index is 0.00000324. The van der Waals surface area contributed by atoms with Crippen LogP contribution in [0.3, 0.4) is 0 Å². The van der Waals surface area contributed by atoms with Crippen LogP contribution in [0.5, 0.6) is 0 Å². The fourth-order valence-electron chi connectivity index (χ4n) is 1.30. The molecule has 0 spiro atoms. The van der Waals surface area contributed by atoms with Gasteiger partial charge in [0, 0.05) is 18.2 Å². The molecule has 9 heteroatoms. The van der Waals surface area contributed by atoms with Gasteiger partial charge in [-0.1, -0.05) is 12.1 Å². The van der Waals surface area contributed by atoms with E-state index in [1.807, 2.05) is 0 Å². The second-order valence-corrected chi connectivity index (χ2v) is 6.07. The van der Waals surface area contributed by atoms with Gasteiger partial charge in [-0.2, -0.15) is 0 Å². The zero-order valence-corrected chi connectivity index (χ0v) is 12.1. The molecule has 0 fully saturated rings. The highest BCUT2D eigenvalue weighted by molar-refractivity contribution is 7.89. The lowest BCUT2D eigenvalue weighted by Crippen LogP contribution is -2.48. The predicted molar refractivity (Wildman–Crippen MR) is 73.8 cm³/mol. The molecular formula is C10H16ClN3O4S. The fourth-order valence-corrected chi connectivity index (χ4v) is 2.89. The summed E-state index contributed by atoms with van der Waals surface area (Å²) in [7, 11) is -3.98. The highest BCUT2D eigenvalue weighted by Crippen LogP contribution is 2.23. The van der Waals surface area contributed by atoms with Crippen molar-refractivity contribution < 1.29 is 13.3 Å². The molecule has 3 N–H and O–H groups in total. The van der Waals surface area contributed by atoms with E-state index in [9.17, 15) is 18.5 Å². The van der Waals surface area contributed by atoms with Crippen LogP contribution in [-0.2, 0) is 10.0 Å². The number of hydrogen-bond donors (Lipinski definition) is 2. The van der Waals surface area contributed by atoms with Crippen LogP contribution in [0.4, 0.5) is 5.69 Å². The number of nitro benzene ring substituents is 1. The first-order valence-electron chi connectivity index (χ1n) is 5.17. The van der Waals surface area contributed by atoms with Gasteiger partial charge in [0.15, 0.2) is 4.90 Å². The molecule has 19 heavy (non-hydrogen) atoms. The Labute approximate surface area is 117 Å². The van der Waals surface area contributed by atoms with Gasteiger partial charge in [-0.3, -0.25) is 10.1 Å². The third kappa shape index (κ3) is 4.43. The number of nitrogens with zero attached hydrogens (tertiary/aromatic N) is 1. The number of halogens is 1. The summed E-state index contributed by atoms with van der Waals surface area (Å²) in [5, 5.41) is 10.8. The van der Waals surface area contributed by atoms with Gasteiger partial charge < -0.3 is 5.73 Å². The Kier molecular flexibility index (Phi) is 5.88. The largest absolute Gasteiger partial charge is 0.329 e. The molecule has 1 rings (SSSR count). The Bertz CT molecular complexity index is 560. The number of hydrogen-bond acceptors (Lipinski definition) is 5. The summed E-state index contributed by atoms with van der Waals surface area (Å²) in [4.78, 5) is 9.70. The predicted octanol–water partition coefficient (Wildman–Crippen LogP) is 1.03. The summed E-state index contributed by atoms with van der Waals surface area (Å²) >= 11 is 0. The van der Waals surface area contributed by atoms with E-state index < -0.39 is 26.2 Å². The number of benzene rings is 1. The summed E-state index contributed by atoms with van der Waals surface area (Å²) < 4.78 is 26.5. The molecule has 0 aliphatic rings. The molecule has 0 saturated carbocycles. The number of nitrogens with two attached hydrogens (primary N) is 1. The van der Waals surface area contributed by atoms with Gasteiger partial charge in [-0.25, -0.2) is 13.1 Å². The maximum absolute atomic E-state index is 12.1. The molecule has 0 saturated heterocycles. The Morgan fingerprint density at radius 3 is 2.37 bits per heavy atom. The number of nitro groups is 1. The van der Waals surface area contributed by atoms with Gasteiger partial charge in [-0.15, -0.1) is 12.4 Å². The third-order valence-electron chi connectivity index (χ3n) is 2.27. The second kappa shape index (κ2) is 6.29. The normalized spacial score (nSPS) is 11.7. The molecule has 0 radical (unpaired) electrons. The summed E-state index contributed by atoms with van der Waals surface area (Å²) in [6.07, 6.45) is 0. The van der Waals surface area contributed by atoms with Crippen molar-refractivity contribution in [1.82, 2.24) is 4.72 Å². The van der Waals surface area contributed by atoms with E-state index in [1.54, 1.807) is 13.8 Å². The SMILES string of the molecule is CC(C)(CN)NS(=O)(=O)c1ccccc1[N+](=O)[O-].Cl. The summed E-state index contributed by atoms with van der Waals surface area (Å²) in [6, 6.07) is 5.17. The average Bonchev–Trinajstić information content (AvgIpc) is 2.28. The van der Waals surface area contributed by atoms with Crippen molar-refractivity contribution in [1.29, 1.82) is 0 Å². The molecule has 0 unspecified atom stereocenters. The standard InChI is InChI=1S/C10H15N3O4S.ClH/c1-10(2,7-11)12-18(16,17)9-6-4-3-5-8(9)13(14)15;/h3-6,12H,7,11H2,1-2H3;1H. The minimum atomic E-state index is -3.98. The van der Waals surface area contributed by atoms with E-state index in [1.165, 1.54) is 18.2 Å². The van der Waals surface area contributed by atoms with Crippen LogP contribution in [-0.4, -0.2) is 25.4 Å². The van der Waals surface area contributed by atoms with Crippen molar-refractivity contribution in [2.24, 2.45) is 5.73 Å². The maximum atomic E-state index is 12.1. The molecule has 1 aromatic carbocycles. The van der Waals surface area contributed by atoms with Crippen LogP contribution in [0, 0.1) is 10.1 Å². The quantitative estimate of drug-likeness (QED) is 0.622. The Morgan fingerprint density at radius 1 is 1.37 bits per heavy atom. The topological polar surface area (TPSA) is 115 Å². The van der Waals surface area contributed by atoms with Crippen molar-refractivity contribution in [3.63, 3.8) is 0 Å². The van der Waals surface area contributed by atoms with E-state index in [0.717, 1.165) is 6.07 Å². The van der Waals surface area contributed by atoms with Gasteiger partial charge in [0.2, 0.25) is 10.0 Å². The zero-order valence-electron chi connectivity index (χ0n) is 10.5. The van der Waals surface area contributed by atoms with Gasteiger partial charge >= 0.3 is 0 Å². The average molecular weight is 310 g/mol. The Morgan fingerprint density at radius 2 is 1.89 bits per heavy atom. The zero-order chi connectivity index (χ0) is 14.0. The van der Waals surface area contributed by atoms with Crippen molar-refractivity contribution >= 4 is 28.1 Å². The minimum absolute atomic E-state index is 0. The van der Waals surface area contributed by atoms with Crippen LogP contribution in [0.25, 0.3) is 0 Å². The first-order chi connectivity index (χ1) is 8.19. The lowest BCUT2D eigenvalue weighted by atomic mass is 10.1. The van der Waals surface area contributed by atoms with Gasteiger partial charge in [0.25, 0.3) is 5.69 Å². The van der Waals surface area contributed by atoms with Crippen LogP contribution in [0.1, 0.15) is 13.8 Å². The van der Waals surface area contributed by atoms with Crippen molar-refractivity contribution in [2.45, 2.75) is 24.3 Å². The number of sulfonamides is 1. The number of nitrogens with one attached hydrogen (secondary N) is 1. The summed E-state index contributed by atoms with van der Waals surface area (Å²) in [5.74, 6) is 0. The molecular weight excluding hydrogens is 294 g/mol. The van der Waals surface area contributed by atoms with Gasteiger partial charge in [0.1, 0.15) is 0 Å². The van der Waals surface area contributed by atoms with E-state index in [2.05, 4.69) is 4.72 Å². The van der Waals surface area contributed by atoms with E-state index in [4.69, 9.17) is 5.73 Å². The van der Waals surface area contributed by atoms with Crippen LogP contribution in [0.2, 0.25) is 0 Å². The number of rotatable bonds is 5. The third-order valence-corrected chi connectivity index (χ3v) is 4.02. The fraction of sp³-hybridized carbons (Fsp3) is 0.400. The van der Waals surface area contributed by atoms with Crippen molar-refractivity contribution in [2.75, 3.05) is 6.54 Å². The smallest absolute Gasteiger partial charge is 0.289 e. The molecule has 0 heterocycles. The molecule has 0 amide bonds. The molecule has 0 atom stereocenters. The van der Waals surface area contributed by atoms with Crippen LogP contribution < -0.4 is 10.5 Å². The van der Waals surface area contributed by atoms with Crippen LogP contribution >= 0.6 is 12.4 Å². The van der Waals surface area contributed by atoms with E-state index >= 15 is 0 Å². The highest BCUT2D eigenvalue weighted by atomic mass is 35.5. The van der Waals surface area contributed by atoms with E-state index in [-0.39, 0.29) is 23.8 Å². The lowest BCUT2D eigenvalue weighted by Gasteiger charge is -2.23. The highest BCUT2D eigenvalue weighted by Gasteiger charge is 2.30. The number of para-hydroxylation sites is 1. The monoisotopic (exact) mass is 309 g/mol. The van der Waals surface area contributed by atoms with Gasteiger partial charge in [0.05, 0.1) is 4.92 Å². The summed E-state index contributed by atoms with van der Waals surface area (Å²) in [5.41, 5.74) is 4.10. The second-order valence-electron chi connectivity index (χ2n) is 4.42. The van der Waals surface area contributed by atoms with Gasteiger partial charge in [-0.05, 0) is 19.9 Å². The molecule has 0 aliphatic heterocycles.